The van der Waals surface area contributed by atoms with Crippen LogP contribution in [0.25, 0.3) is 6.08 Å². The first-order valence-corrected chi connectivity index (χ1v) is 10.7. The van der Waals surface area contributed by atoms with Crippen molar-refractivity contribution in [2.45, 2.75) is 19.1 Å². The molecule has 0 fully saturated rings. The van der Waals surface area contributed by atoms with Crippen molar-refractivity contribution < 1.29 is 32.2 Å². The average Bonchev–Trinajstić information content (AvgIpc) is 2.83. The van der Waals surface area contributed by atoms with Crippen LogP contribution in [0.3, 0.4) is 0 Å². The summed E-state index contributed by atoms with van der Waals surface area (Å²) >= 11 is 0. The molecule has 0 unspecified atom stereocenters. The number of hydrogen-bond donors (Lipinski definition) is 2. The monoisotopic (exact) mass is 486 g/mol. The minimum atomic E-state index is -3.58. The molecule has 184 valence electrons. The number of nitrogen functional groups attached to an aromatic ring is 2. The SMILES string of the molecule is Nc1ccc(COC(=O)/C=C/c2ccc(OC(F)(F)c3ccc(OCCCF)cc3)cc2)c(N)c1. The Bertz CT molecular complexity index is 1150. The highest BCUT2D eigenvalue weighted by Gasteiger charge is 2.34. The van der Waals surface area contributed by atoms with Gasteiger partial charge in [0.2, 0.25) is 0 Å². The summed E-state index contributed by atoms with van der Waals surface area (Å²) in [6.45, 7) is -0.358. The van der Waals surface area contributed by atoms with E-state index in [-0.39, 0.29) is 30.9 Å². The molecule has 0 spiro atoms. The number of rotatable bonds is 11. The first-order valence-electron chi connectivity index (χ1n) is 10.7. The predicted molar refractivity (Wildman–Crippen MR) is 128 cm³/mol. The number of carbonyl (C=O) groups is 1. The zero-order valence-electron chi connectivity index (χ0n) is 18.8. The van der Waals surface area contributed by atoms with E-state index in [0.29, 0.717) is 28.3 Å². The number of benzene rings is 3. The molecule has 6 nitrogen and oxygen atoms in total. The van der Waals surface area contributed by atoms with Gasteiger partial charge in [-0.05, 0) is 60.2 Å². The number of anilines is 2. The highest BCUT2D eigenvalue weighted by Crippen LogP contribution is 2.32. The number of carbonyl (C=O) groups excluding carboxylic acids is 1. The largest absolute Gasteiger partial charge is 0.494 e. The van der Waals surface area contributed by atoms with E-state index in [1.54, 1.807) is 18.2 Å². The van der Waals surface area contributed by atoms with Gasteiger partial charge in [0.25, 0.3) is 0 Å². The Labute approximate surface area is 200 Å². The van der Waals surface area contributed by atoms with Crippen LogP contribution >= 0.6 is 0 Å². The summed E-state index contributed by atoms with van der Waals surface area (Å²) in [6, 6.07) is 15.8. The van der Waals surface area contributed by atoms with Gasteiger partial charge in [0.15, 0.2) is 0 Å². The zero-order valence-corrected chi connectivity index (χ0v) is 18.8. The van der Waals surface area contributed by atoms with E-state index in [9.17, 15) is 18.0 Å². The molecule has 0 aromatic heterocycles. The van der Waals surface area contributed by atoms with Crippen molar-refractivity contribution >= 4 is 23.4 Å². The standard InChI is InChI=1S/C26H25F3N2O4/c27-14-1-15-33-22-11-6-20(7-12-22)26(28,29)35-23-9-2-18(3-10-23)4-13-25(32)34-17-19-5-8-21(30)16-24(19)31/h2-13,16H,1,14-15,17,30-31H2/b13-4+. The fourth-order valence-electron chi connectivity index (χ4n) is 2.95. The van der Waals surface area contributed by atoms with Crippen LogP contribution < -0.4 is 20.9 Å². The van der Waals surface area contributed by atoms with Crippen LogP contribution in [0.15, 0.2) is 72.8 Å². The minimum absolute atomic E-state index is 0.0120. The maximum Gasteiger partial charge on any atom is 0.426 e. The van der Waals surface area contributed by atoms with Crippen molar-refractivity contribution in [1.82, 2.24) is 0 Å². The fourth-order valence-corrected chi connectivity index (χ4v) is 2.95. The van der Waals surface area contributed by atoms with Crippen LogP contribution in [-0.4, -0.2) is 19.3 Å². The first kappa shape index (κ1) is 25.5. The molecule has 0 atom stereocenters. The minimum Gasteiger partial charge on any atom is -0.494 e. The topological polar surface area (TPSA) is 96.8 Å². The Morgan fingerprint density at radius 2 is 1.63 bits per heavy atom. The average molecular weight is 486 g/mol. The van der Waals surface area contributed by atoms with E-state index < -0.39 is 18.8 Å². The van der Waals surface area contributed by atoms with Crippen molar-refractivity contribution in [3.63, 3.8) is 0 Å². The Hall–Kier alpha value is -4.14. The van der Waals surface area contributed by atoms with Crippen LogP contribution in [0.4, 0.5) is 24.5 Å². The van der Waals surface area contributed by atoms with Crippen molar-refractivity contribution in [3.05, 3.63) is 89.5 Å². The third kappa shape index (κ3) is 7.70. The molecule has 35 heavy (non-hydrogen) atoms. The van der Waals surface area contributed by atoms with Gasteiger partial charge in [0.05, 0.1) is 18.8 Å². The number of halogens is 3. The molecule has 0 saturated carbocycles. The molecule has 0 aliphatic heterocycles. The number of alkyl halides is 3. The molecule has 3 aromatic carbocycles. The van der Waals surface area contributed by atoms with E-state index in [1.165, 1.54) is 60.7 Å². The van der Waals surface area contributed by atoms with Gasteiger partial charge in [0.1, 0.15) is 18.1 Å². The zero-order chi connectivity index (χ0) is 25.3. The van der Waals surface area contributed by atoms with Crippen molar-refractivity contribution in [2.24, 2.45) is 0 Å². The second-order valence-electron chi connectivity index (χ2n) is 7.50. The van der Waals surface area contributed by atoms with Gasteiger partial charge in [-0.3, -0.25) is 4.39 Å². The normalized spacial score (nSPS) is 11.4. The third-order valence-corrected chi connectivity index (χ3v) is 4.81. The van der Waals surface area contributed by atoms with Gasteiger partial charge in [0, 0.05) is 29.4 Å². The van der Waals surface area contributed by atoms with Crippen LogP contribution in [-0.2, 0) is 22.2 Å². The molecule has 0 heterocycles. The summed E-state index contributed by atoms with van der Waals surface area (Å²) < 4.78 is 56.4. The first-order chi connectivity index (χ1) is 16.8. The summed E-state index contributed by atoms with van der Waals surface area (Å²) in [5.41, 5.74) is 13.2. The van der Waals surface area contributed by atoms with E-state index in [4.69, 9.17) is 25.7 Å². The lowest BCUT2D eigenvalue weighted by atomic mass is 10.2. The predicted octanol–water partition coefficient (Wildman–Crippen LogP) is 5.47. The maximum atomic E-state index is 14.5. The second-order valence-corrected chi connectivity index (χ2v) is 7.50. The Kier molecular flexibility index (Phi) is 8.61. The summed E-state index contributed by atoms with van der Waals surface area (Å²) in [4.78, 5) is 12.0. The number of hydrogen-bond acceptors (Lipinski definition) is 6. The van der Waals surface area contributed by atoms with Crippen LogP contribution in [0.5, 0.6) is 11.5 Å². The van der Waals surface area contributed by atoms with E-state index in [0.717, 1.165) is 0 Å². The quantitative estimate of drug-likeness (QED) is 0.161. The highest BCUT2D eigenvalue weighted by atomic mass is 19.3. The molecule has 4 N–H and O–H groups in total. The lowest BCUT2D eigenvalue weighted by molar-refractivity contribution is -0.185. The van der Waals surface area contributed by atoms with Gasteiger partial charge < -0.3 is 25.7 Å². The Balaban J connectivity index is 1.53. The van der Waals surface area contributed by atoms with E-state index >= 15 is 0 Å². The summed E-state index contributed by atoms with van der Waals surface area (Å²) in [5, 5.41) is 0. The maximum absolute atomic E-state index is 14.5. The lowest BCUT2D eigenvalue weighted by Gasteiger charge is -2.18. The molecular formula is C26H25F3N2O4. The summed E-state index contributed by atoms with van der Waals surface area (Å²) in [5.74, 6) is -0.286. The highest BCUT2D eigenvalue weighted by molar-refractivity contribution is 5.87. The molecule has 0 aliphatic rings. The second kappa shape index (κ2) is 11.8. The molecule has 3 rings (SSSR count). The van der Waals surface area contributed by atoms with Crippen LogP contribution in [0.2, 0.25) is 0 Å². The molecule has 0 radical (unpaired) electrons. The Morgan fingerprint density at radius 1 is 0.943 bits per heavy atom. The molecule has 0 saturated heterocycles. The molecule has 3 aromatic rings. The molecule has 0 amide bonds. The van der Waals surface area contributed by atoms with Gasteiger partial charge in [-0.15, -0.1) is 0 Å². The lowest BCUT2D eigenvalue weighted by Crippen LogP contribution is -2.21. The van der Waals surface area contributed by atoms with Crippen LogP contribution in [0.1, 0.15) is 23.1 Å². The van der Waals surface area contributed by atoms with E-state index in [1.807, 2.05) is 0 Å². The van der Waals surface area contributed by atoms with Crippen molar-refractivity contribution in [2.75, 3.05) is 24.7 Å². The van der Waals surface area contributed by atoms with Gasteiger partial charge in [-0.2, -0.15) is 8.78 Å². The smallest absolute Gasteiger partial charge is 0.426 e. The van der Waals surface area contributed by atoms with Gasteiger partial charge in [-0.25, -0.2) is 4.79 Å². The number of nitrogens with two attached hydrogens (primary N) is 2. The molecular weight excluding hydrogens is 461 g/mol. The number of ether oxygens (including phenoxy) is 3. The molecule has 0 bridgehead atoms. The van der Waals surface area contributed by atoms with Crippen molar-refractivity contribution in [1.29, 1.82) is 0 Å². The summed E-state index contributed by atoms with van der Waals surface area (Å²) in [6.07, 6.45) is -0.651. The number of esters is 1. The Morgan fingerprint density at radius 3 is 2.29 bits per heavy atom. The van der Waals surface area contributed by atoms with Crippen LogP contribution in [0, 0.1) is 0 Å². The summed E-state index contributed by atoms with van der Waals surface area (Å²) in [7, 11) is 0. The van der Waals surface area contributed by atoms with E-state index in [2.05, 4.69) is 0 Å². The van der Waals surface area contributed by atoms with Gasteiger partial charge >= 0.3 is 12.1 Å². The van der Waals surface area contributed by atoms with Gasteiger partial charge in [-0.1, -0.05) is 18.2 Å². The van der Waals surface area contributed by atoms with Crippen molar-refractivity contribution in [3.8, 4) is 11.5 Å². The third-order valence-electron chi connectivity index (χ3n) is 4.81. The molecule has 0 aliphatic carbocycles. The molecule has 9 heteroatoms. The fraction of sp³-hybridized carbons (Fsp3) is 0.192.